The van der Waals surface area contributed by atoms with E-state index in [1.807, 2.05) is 13.8 Å². The maximum atomic E-state index is 11.8. The van der Waals surface area contributed by atoms with Gasteiger partial charge in [0, 0.05) is 29.8 Å². The number of amides is 1. The van der Waals surface area contributed by atoms with Crippen LogP contribution in [0.5, 0.6) is 0 Å². The molecule has 6 heteroatoms. The third-order valence-corrected chi connectivity index (χ3v) is 2.81. The molecule has 0 heterocycles. The van der Waals surface area contributed by atoms with E-state index < -0.39 is 4.92 Å². The van der Waals surface area contributed by atoms with Crippen LogP contribution in [0.25, 0.3) is 0 Å². The first-order chi connectivity index (χ1) is 8.95. The molecule has 1 rings (SSSR count). The molecule has 0 fully saturated rings. The van der Waals surface area contributed by atoms with E-state index in [0.717, 1.165) is 0 Å². The maximum absolute atomic E-state index is 11.8. The van der Waals surface area contributed by atoms with Crippen molar-refractivity contribution in [2.24, 2.45) is 5.73 Å². The first-order valence-electron chi connectivity index (χ1n) is 6.26. The highest BCUT2D eigenvalue weighted by atomic mass is 16.6. The summed E-state index contributed by atoms with van der Waals surface area (Å²) in [4.78, 5) is 22.3. The number of hydrogen-bond donors (Lipinski definition) is 2. The lowest BCUT2D eigenvalue weighted by molar-refractivity contribution is -0.385. The van der Waals surface area contributed by atoms with Crippen LogP contribution in [0.2, 0.25) is 0 Å². The zero-order chi connectivity index (χ0) is 14.4. The first-order valence-corrected chi connectivity index (χ1v) is 6.26. The summed E-state index contributed by atoms with van der Waals surface area (Å²) in [5.74, 6) is -0.314. The lowest BCUT2D eigenvalue weighted by Gasteiger charge is -2.08. The number of nitro groups is 1. The van der Waals surface area contributed by atoms with Crippen LogP contribution in [-0.4, -0.2) is 23.4 Å². The molecule has 6 nitrogen and oxygen atoms in total. The zero-order valence-electron chi connectivity index (χ0n) is 11.2. The highest BCUT2D eigenvalue weighted by Crippen LogP contribution is 2.20. The number of nitro benzene ring substituents is 1. The van der Waals surface area contributed by atoms with Crippen molar-refractivity contribution in [2.45, 2.75) is 32.7 Å². The minimum atomic E-state index is -0.461. The van der Waals surface area contributed by atoms with Crippen LogP contribution in [0, 0.1) is 10.1 Å². The molecule has 1 unspecified atom stereocenters. The van der Waals surface area contributed by atoms with Crippen LogP contribution in [0.1, 0.15) is 36.2 Å². The molecule has 0 radical (unpaired) electrons. The number of nitrogens with zero attached hydrogens (tertiary/aromatic N) is 1. The molecule has 0 aromatic heterocycles. The van der Waals surface area contributed by atoms with E-state index in [2.05, 4.69) is 5.32 Å². The molecule has 3 N–H and O–H groups in total. The molecule has 0 saturated heterocycles. The fourth-order valence-electron chi connectivity index (χ4n) is 1.69. The van der Waals surface area contributed by atoms with Crippen LogP contribution in [0.15, 0.2) is 18.2 Å². The van der Waals surface area contributed by atoms with Crippen molar-refractivity contribution in [3.05, 3.63) is 39.4 Å². The third-order valence-electron chi connectivity index (χ3n) is 2.81. The van der Waals surface area contributed by atoms with Gasteiger partial charge >= 0.3 is 0 Å². The molecular formula is C13H19N3O3. The zero-order valence-corrected chi connectivity index (χ0v) is 11.2. The largest absolute Gasteiger partial charge is 0.352 e. The van der Waals surface area contributed by atoms with Crippen molar-refractivity contribution in [2.75, 3.05) is 6.54 Å². The Labute approximate surface area is 112 Å². The van der Waals surface area contributed by atoms with Gasteiger partial charge in [-0.2, -0.15) is 0 Å². The van der Waals surface area contributed by atoms with Gasteiger partial charge in [0.05, 0.1) is 4.92 Å². The summed E-state index contributed by atoms with van der Waals surface area (Å²) in [5, 5.41) is 13.6. The third kappa shape index (κ3) is 4.33. The van der Waals surface area contributed by atoms with Gasteiger partial charge in [-0.25, -0.2) is 0 Å². The van der Waals surface area contributed by atoms with Gasteiger partial charge in [0.2, 0.25) is 0 Å². The number of aryl methyl sites for hydroxylation is 1. The van der Waals surface area contributed by atoms with Crippen molar-refractivity contribution in [1.82, 2.24) is 5.32 Å². The van der Waals surface area contributed by atoms with E-state index in [9.17, 15) is 14.9 Å². The van der Waals surface area contributed by atoms with Gasteiger partial charge in [-0.3, -0.25) is 14.9 Å². The summed E-state index contributed by atoms with van der Waals surface area (Å²) < 4.78 is 0. The lowest BCUT2D eigenvalue weighted by Crippen LogP contribution is -2.29. The smallest absolute Gasteiger partial charge is 0.273 e. The molecule has 1 aromatic carbocycles. The second-order valence-electron chi connectivity index (χ2n) is 4.48. The number of nitrogens with two attached hydrogens (primary N) is 1. The van der Waals surface area contributed by atoms with Gasteiger partial charge in [-0.1, -0.05) is 13.0 Å². The summed E-state index contributed by atoms with van der Waals surface area (Å²) in [7, 11) is 0. The number of nitrogens with one attached hydrogen (secondary N) is 1. The maximum Gasteiger partial charge on any atom is 0.273 e. The Morgan fingerprint density at radius 2 is 2.21 bits per heavy atom. The van der Waals surface area contributed by atoms with Crippen LogP contribution < -0.4 is 11.1 Å². The second-order valence-corrected chi connectivity index (χ2v) is 4.48. The Hall–Kier alpha value is -1.95. The van der Waals surface area contributed by atoms with Crippen molar-refractivity contribution in [1.29, 1.82) is 0 Å². The second kappa shape index (κ2) is 6.84. The quantitative estimate of drug-likeness (QED) is 0.603. The van der Waals surface area contributed by atoms with Crippen molar-refractivity contribution in [3.8, 4) is 0 Å². The Morgan fingerprint density at radius 1 is 1.53 bits per heavy atom. The summed E-state index contributed by atoms with van der Waals surface area (Å²) in [6, 6.07) is 4.56. The minimum Gasteiger partial charge on any atom is -0.352 e. The molecule has 1 amide bonds. The average molecular weight is 265 g/mol. The predicted molar refractivity (Wildman–Crippen MR) is 73.1 cm³/mol. The molecule has 19 heavy (non-hydrogen) atoms. The molecular weight excluding hydrogens is 246 g/mol. The molecule has 0 aliphatic heterocycles. The lowest BCUT2D eigenvalue weighted by atomic mass is 10.1. The molecule has 0 spiro atoms. The van der Waals surface area contributed by atoms with E-state index in [1.54, 1.807) is 12.1 Å². The normalized spacial score (nSPS) is 11.9. The topological polar surface area (TPSA) is 98.3 Å². The Kier molecular flexibility index (Phi) is 5.44. The van der Waals surface area contributed by atoms with Gasteiger partial charge < -0.3 is 11.1 Å². The highest BCUT2D eigenvalue weighted by molar-refractivity contribution is 5.94. The Balaban J connectivity index is 2.81. The van der Waals surface area contributed by atoms with Gasteiger partial charge in [0.15, 0.2) is 0 Å². The van der Waals surface area contributed by atoms with E-state index in [1.165, 1.54) is 6.07 Å². The standard InChI is InChI=1S/C13H19N3O3/c1-3-10-4-5-11(8-12(10)16(18)19)13(17)15-7-6-9(2)14/h4-5,8-9H,3,6-7,14H2,1-2H3,(H,15,17). The number of hydrogen-bond acceptors (Lipinski definition) is 4. The fourth-order valence-corrected chi connectivity index (χ4v) is 1.69. The SMILES string of the molecule is CCc1ccc(C(=O)NCCC(C)N)cc1[N+](=O)[O-]. The van der Waals surface area contributed by atoms with Crippen LogP contribution in [-0.2, 0) is 6.42 Å². The summed E-state index contributed by atoms with van der Waals surface area (Å²) in [6.07, 6.45) is 1.23. The van der Waals surface area contributed by atoms with Gasteiger partial charge in [-0.15, -0.1) is 0 Å². The highest BCUT2D eigenvalue weighted by Gasteiger charge is 2.16. The van der Waals surface area contributed by atoms with Crippen molar-refractivity contribution < 1.29 is 9.72 Å². The predicted octanol–water partition coefficient (Wildman–Crippen LogP) is 1.62. The molecule has 0 aliphatic carbocycles. The van der Waals surface area contributed by atoms with Gasteiger partial charge in [-0.05, 0) is 25.8 Å². The van der Waals surface area contributed by atoms with Gasteiger partial charge in [0.25, 0.3) is 11.6 Å². The van der Waals surface area contributed by atoms with Crippen LogP contribution >= 0.6 is 0 Å². The number of carbonyl (C=O) groups is 1. The summed E-state index contributed by atoms with van der Waals surface area (Å²) >= 11 is 0. The molecule has 0 bridgehead atoms. The molecule has 0 aliphatic rings. The average Bonchev–Trinajstić information content (AvgIpc) is 2.37. The summed E-state index contributed by atoms with van der Waals surface area (Å²) in [6.45, 7) is 4.15. The first kappa shape index (κ1) is 15.1. The van der Waals surface area contributed by atoms with Crippen LogP contribution in [0.4, 0.5) is 5.69 Å². The number of rotatable bonds is 6. The van der Waals surface area contributed by atoms with E-state index in [-0.39, 0.29) is 17.6 Å². The number of carbonyl (C=O) groups excluding carboxylic acids is 1. The van der Waals surface area contributed by atoms with E-state index in [4.69, 9.17) is 5.73 Å². The van der Waals surface area contributed by atoms with Crippen molar-refractivity contribution >= 4 is 11.6 Å². The fraction of sp³-hybridized carbons (Fsp3) is 0.462. The monoisotopic (exact) mass is 265 g/mol. The molecule has 1 atom stereocenters. The van der Waals surface area contributed by atoms with Crippen molar-refractivity contribution in [3.63, 3.8) is 0 Å². The Morgan fingerprint density at radius 3 is 2.74 bits per heavy atom. The van der Waals surface area contributed by atoms with E-state index >= 15 is 0 Å². The molecule has 1 aromatic rings. The molecule has 104 valence electrons. The minimum absolute atomic E-state index is 0.0112. The van der Waals surface area contributed by atoms with E-state index in [0.29, 0.717) is 30.5 Å². The van der Waals surface area contributed by atoms with Gasteiger partial charge in [0.1, 0.15) is 0 Å². The summed E-state index contributed by atoms with van der Waals surface area (Å²) in [5.41, 5.74) is 6.49. The number of benzene rings is 1. The molecule has 0 saturated carbocycles. The van der Waals surface area contributed by atoms with Crippen LogP contribution in [0.3, 0.4) is 0 Å². The Bertz CT molecular complexity index is 472.